The summed E-state index contributed by atoms with van der Waals surface area (Å²) in [5.74, 6) is -0.882. The summed E-state index contributed by atoms with van der Waals surface area (Å²) in [7, 11) is -4.45. The summed E-state index contributed by atoms with van der Waals surface area (Å²) >= 11 is 0. The third-order valence-corrected chi connectivity index (χ3v) is 7.43. The molecule has 3 rings (SSSR count). The van der Waals surface area contributed by atoms with E-state index in [0.717, 1.165) is 35.4 Å². The highest BCUT2D eigenvalue weighted by atomic mass is 32.2. The minimum absolute atomic E-state index is 0.138. The lowest BCUT2D eigenvalue weighted by Gasteiger charge is -2.24. The Labute approximate surface area is 221 Å². The van der Waals surface area contributed by atoms with Crippen LogP contribution in [0.2, 0.25) is 0 Å². The standard InChI is InChI=1S/C24H25F3N4O7S/c1-4-20(14-38-31(33)34)37-15-29(17(3)32)39(35,36)21-11-9-19(10-12-21)30-22(13-23(28-30)24(25,26)27)18-7-5-16(2)6-8-18/h5-13,20H,4,14-15H2,1-3H3. The number of sulfonamides is 1. The maximum atomic E-state index is 13.5. The lowest BCUT2D eigenvalue weighted by molar-refractivity contribution is -0.759. The highest BCUT2D eigenvalue weighted by Gasteiger charge is 2.35. The van der Waals surface area contributed by atoms with Gasteiger partial charge in [0.05, 0.1) is 22.4 Å². The van der Waals surface area contributed by atoms with Gasteiger partial charge in [-0.1, -0.05) is 36.8 Å². The normalized spacial score (nSPS) is 12.7. The molecule has 2 aromatic carbocycles. The van der Waals surface area contributed by atoms with E-state index in [4.69, 9.17) is 4.74 Å². The van der Waals surface area contributed by atoms with Gasteiger partial charge in [-0.3, -0.25) is 4.79 Å². The van der Waals surface area contributed by atoms with Crippen molar-refractivity contribution in [2.45, 2.75) is 44.4 Å². The lowest BCUT2D eigenvalue weighted by Crippen LogP contribution is -2.39. The van der Waals surface area contributed by atoms with Gasteiger partial charge in [0.25, 0.3) is 15.1 Å². The molecule has 210 valence electrons. The first-order valence-electron chi connectivity index (χ1n) is 11.5. The predicted octanol–water partition coefficient (Wildman–Crippen LogP) is 4.36. The molecule has 15 heteroatoms. The highest BCUT2D eigenvalue weighted by Crippen LogP contribution is 2.33. The number of amides is 1. The van der Waals surface area contributed by atoms with E-state index < -0.39 is 52.3 Å². The van der Waals surface area contributed by atoms with Crippen molar-refractivity contribution in [1.82, 2.24) is 14.1 Å². The molecule has 1 aromatic heterocycles. The van der Waals surface area contributed by atoms with E-state index in [1.807, 2.05) is 6.92 Å². The molecule has 0 N–H and O–H groups in total. The minimum atomic E-state index is -4.71. The quantitative estimate of drug-likeness (QED) is 0.189. The molecule has 3 aromatic rings. The number of aryl methyl sites for hydroxylation is 1. The van der Waals surface area contributed by atoms with Crippen molar-refractivity contribution in [2.24, 2.45) is 0 Å². The maximum absolute atomic E-state index is 13.5. The summed E-state index contributed by atoms with van der Waals surface area (Å²) in [6, 6.07) is 12.4. The van der Waals surface area contributed by atoms with E-state index >= 15 is 0 Å². The van der Waals surface area contributed by atoms with Crippen molar-refractivity contribution in [1.29, 1.82) is 0 Å². The molecule has 0 fully saturated rings. The number of carbonyl (C=O) groups is 1. The fraction of sp³-hybridized carbons (Fsp3) is 0.333. The fourth-order valence-corrected chi connectivity index (χ4v) is 4.74. The third kappa shape index (κ3) is 7.11. The van der Waals surface area contributed by atoms with Crippen molar-refractivity contribution < 1.29 is 41.0 Å². The van der Waals surface area contributed by atoms with Crippen LogP contribution in [-0.4, -0.2) is 52.9 Å². The largest absolute Gasteiger partial charge is 0.435 e. The number of alkyl halides is 3. The zero-order valence-corrected chi connectivity index (χ0v) is 21.9. The van der Waals surface area contributed by atoms with E-state index in [2.05, 4.69) is 9.94 Å². The van der Waals surface area contributed by atoms with Crippen LogP contribution in [0.5, 0.6) is 0 Å². The van der Waals surface area contributed by atoms with Gasteiger partial charge in [0.15, 0.2) is 5.69 Å². The first-order chi connectivity index (χ1) is 18.2. The monoisotopic (exact) mass is 570 g/mol. The molecule has 0 spiro atoms. The second-order valence-corrected chi connectivity index (χ2v) is 10.3. The molecule has 1 amide bonds. The van der Waals surface area contributed by atoms with Crippen molar-refractivity contribution in [3.63, 3.8) is 0 Å². The van der Waals surface area contributed by atoms with Crippen LogP contribution in [0, 0.1) is 17.0 Å². The molecule has 0 saturated carbocycles. The number of nitrogens with zero attached hydrogens (tertiary/aromatic N) is 4. The van der Waals surface area contributed by atoms with E-state index in [9.17, 15) is 36.5 Å². The molecule has 11 nitrogen and oxygen atoms in total. The van der Waals surface area contributed by atoms with Crippen molar-refractivity contribution in [3.8, 4) is 16.9 Å². The average Bonchev–Trinajstić information content (AvgIpc) is 3.32. The minimum Gasteiger partial charge on any atom is -0.355 e. The number of rotatable bonds is 11. The molecule has 1 atom stereocenters. The van der Waals surface area contributed by atoms with E-state index in [0.29, 0.717) is 9.87 Å². The molecule has 0 bridgehead atoms. The summed E-state index contributed by atoms with van der Waals surface area (Å²) in [6.45, 7) is 3.27. The van der Waals surface area contributed by atoms with Gasteiger partial charge in [-0.25, -0.2) is 17.4 Å². The van der Waals surface area contributed by atoms with Gasteiger partial charge in [-0.2, -0.15) is 18.3 Å². The Balaban J connectivity index is 1.92. The molecule has 0 radical (unpaired) electrons. The molecule has 1 heterocycles. The number of benzene rings is 2. The highest BCUT2D eigenvalue weighted by molar-refractivity contribution is 7.89. The van der Waals surface area contributed by atoms with Gasteiger partial charge in [0.2, 0.25) is 5.91 Å². The lowest BCUT2D eigenvalue weighted by atomic mass is 10.1. The molecular weight excluding hydrogens is 545 g/mol. The number of halogens is 3. The zero-order chi connectivity index (χ0) is 29.0. The number of aromatic nitrogens is 2. The Morgan fingerprint density at radius 2 is 1.77 bits per heavy atom. The van der Waals surface area contributed by atoms with Crippen LogP contribution in [0.3, 0.4) is 0 Å². The number of carbonyl (C=O) groups excluding carboxylic acids is 1. The number of hydrogen-bond acceptors (Lipinski definition) is 8. The van der Waals surface area contributed by atoms with Crippen LogP contribution in [0.4, 0.5) is 13.2 Å². The number of hydrogen-bond donors (Lipinski definition) is 0. The summed E-state index contributed by atoms with van der Waals surface area (Å²) in [5.41, 5.74) is 0.533. The Morgan fingerprint density at radius 1 is 1.15 bits per heavy atom. The van der Waals surface area contributed by atoms with Gasteiger partial charge in [0, 0.05) is 12.5 Å². The summed E-state index contributed by atoms with van der Waals surface area (Å²) in [5, 5.41) is 13.1. The molecule has 39 heavy (non-hydrogen) atoms. The van der Waals surface area contributed by atoms with Crippen LogP contribution in [0.1, 0.15) is 31.5 Å². The second kappa shape index (κ2) is 11.8. The smallest absolute Gasteiger partial charge is 0.355 e. The predicted molar refractivity (Wildman–Crippen MR) is 131 cm³/mol. The van der Waals surface area contributed by atoms with Crippen molar-refractivity contribution >= 4 is 15.9 Å². The Bertz CT molecular complexity index is 1420. The summed E-state index contributed by atoms with van der Waals surface area (Å²) < 4.78 is 73.5. The maximum Gasteiger partial charge on any atom is 0.435 e. The average molecular weight is 571 g/mol. The fourth-order valence-electron chi connectivity index (χ4n) is 3.46. The van der Waals surface area contributed by atoms with Crippen molar-refractivity contribution in [2.75, 3.05) is 13.3 Å². The third-order valence-electron chi connectivity index (χ3n) is 5.62. The Kier molecular flexibility index (Phi) is 8.96. The van der Waals surface area contributed by atoms with Crippen LogP contribution < -0.4 is 0 Å². The van der Waals surface area contributed by atoms with Crippen LogP contribution in [0.25, 0.3) is 16.9 Å². The van der Waals surface area contributed by atoms with Gasteiger partial charge in [-0.15, -0.1) is 10.1 Å². The molecule has 0 aliphatic heterocycles. The molecule has 1 unspecified atom stereocenters. The molecule has 0 saturated heterocycles. The van der Waals surface area contributed by atoms with Gasteiger partial charge in [-0.05, 0) is 43.7 Å². The molecule has 0 aliphatic rings. The first kappa shape index (κ1) is 29.6. The second-order valence-electron chi connectivity index (χ2n) is 8.40. The Hall–Kier alpha value is -3.98. The van der Waals surface area contributed by atoms with Crippen LogP contribution in [-0.2, 0) is 30.6 Å². The van der Waals surface area contributed by atoms with E-state index in [1.165, 1.54) is 12.1 Å². The molecule has 0 aliphatic carbocycles. The van der Waals surface area contributed by atoms with Gasteiger partial charge < -0.3 is 9.57 Å². The van der Waals surface area contributed by atoms with E-state index in [-0.39, 0.29) is 22.7 Å². The van der Waals surface area contributed by atoms with E-state index in [1.54, 1.807) is 31.2 Å². The first-order valence-corrected chi connectivity index (χ1v) is 12.9. The molecular formula is C24H25F3N4O7S. The number of ether oxygens (including phenoxy) is 1. The van der Waals surface area contributed by atoms with Gasteiger partial charge >= 0.3 is 6.18 Å². The topological polar surface area (TPSA) is 134 Å². The summed E-state index contributed by atoms with van der Waals surface area (Å²) in [4.78, 5) is 26.5. The Morgan fingerprint density at radius 3 is 2.28 bits per heavy atom. The zero-order valence-electron chi connectivity index (χ0n) is 21.1. The van der Waals surface area contributed by atoms with Crippen LogP contribution in [0.15, 0.2) is 59.5 Å². The van der Waals surface area contributed by atoms with Crippen molar-refractivity contribution in [3.05, 3.63) is 76.0 Å². The summed E-state index contributed by atoms with van der Waals surface area (Å²) in [6.07, 6.45) is -5.34. The SMILES string of the molecule is CCC(CO[N+](=O)[O-])OCN(C(C)=O)S(=O)(=O)c1ccc(-n2nc(C(F)(F)F)cc2-c2ccc(C)cc2)cc1. The van der Waals surface area contributed by atoms with Crippen LogP contribution >= 0.6 is 0 Å². The van der Waals surface area contributed by atoms with Gasteiger partial charge in [0.1, 0.15) is 13.3 Å².